The Bertz CT molecular complexity index is 4160. The van der Waals surface area contributed by atoms with Crippen LogP contribution in [-0.4, -0.2) is 24.1 Å². The summed E-state index contributed by atoms with van der Waals surface area (Å²) in [6.07, 6.45) is -2.66. The number of hydrogen-bond acceptors (Lipinski definition) is 2. The Morgan fingerprint density at radius 3 is 2.01 bits per heavy atom. The van der Waals surface area contributed by atoms with Crippen LogP contribution in [0.4, 0.5) is 13.2 Å². The van der Waals surface area contributed by atoms with Crippen LogP contribution in [0.25, 0.3) is 99.8 Å². The molecule has 0 fully saturated rings. The van der Waals surface area contributed by atoms with Gasteiger partial charge >= 0.3 is 6.18 Å². The third-order valence-electron chi connectivity index (χ3n) is 15.1. The van der Waals surface area contributed by atoms with E-state index in [4.69, 9.17) is 9.97 Å². The maximum absolute atomic E-state index is 14.6. The average Bonchev–Trinajstić information content (AvgIpc) is 4.05. The Balaban J connectivity index is 1.13. The lowest BCUT2D eigenvalue weighted by atomic mass is 9.76. The van der Waals surface area contributed by atoms with Crippen LogP contribution in [0.15, 0.2) is 176 Å². The fourth-order valence-corrected chi connectivity index (χ4v) is 11.5. The number of H-pyrrole nitrogens is 1. The minimum absolute atomic E-state index is 0.113. The van der Waals surface area contributed by atoms with Gasteiger partial charge in [0.15, 0.2) is 0 Å². The van der Waals surface area contributed by atoms with Gasteiger partial charge in [0.05, 0.1) is 33.1 Å². The quantitative estimate of drug-likeness (QED) is 0.173. The minimum Gasteiger partial charge on any atom is -0.354 e. The van der Waals surface area contributed by atoms with Gasteiger partial charge in [0, 0.05) is 55.5 Å². The second-order valence-electron chi connectivity index (χ2n) is 21.3. The average molecular weight is 962 g/mol. The van der Waals surface area contributed by atoms with Gasteiger partial charge in [0.25, 0.3) is 0 Å². The van der Waals surface area contributed by atoms with Crippen molar-refractivity contribution >= 4 is 54.6 Å². The lowest BCUT2D eigenvalue weighted by Gasteiger charge is -2.27. The number of para-hydroxylation sites is 2. The number of fused-ring (bicyclic) bond motifs is 7. The van der Waals surface area contributed by atoms with Crippen molar-refractivity contribution in [1.82, 2.24) is 24.1 Å². The van der Waals surface area contributed by atoms with Crippen molar-refractivity contribution < 1.29 is 13.2 Å². The molecule has 1 N–H and O–H groups in total. The summed E-state index contributed by atoms with van der Waals surface area (Å²) in [6.45, 7) is 17.6. The summed E-state index contributed by atoms with van der Waals surface area (Å²) in [4.78, 5) is 14.3. The molecule has 0 spiro atoms. The molecule has 5 nitrogen and oxygen atoms in total. The molecule has 0 unspecified atom stereocenters. The van der Waals surface area contributed by atoms with E-state index in [1.54, 1.807) is 6.07 Å². The molecule has 0 saturated carbocycles. The van der Waals surface area contributed by atoms with E-state index in [9.17, 15) is 13.2 Å². The molecule has 8 heteroatoms. The third kappa shape index (κ3) is 7.53. The van der Waals surface area contributed by atoms with Crippen molar-refractivity contribution in [3.8, 4) is 45.1 Å². The molecule has 8 aromatic carbocycles. The number of benzene rings is 8. The molecule has 0 aliphatic carbocycles. The first kappa shape index (κ1) is 45.9. The van der Waals surface area contributed by atoms with E-state index < -0.39 is 17.2 Å². The molecule has 12 rings (SSSR count). The van der Waals surface area contributed by atoms with E-state index in [1.165, 1.54) is 45.5 Å². The first-order valence-electron chi connectivity index (χ1n) is 24.9. The first-order valence-corrected chi connectivity index (χ1v) is 24.9. The van der Waals surface area contributed by atoms with Crippen molar-refractivity contribution in [1.29, 1.82) is 0 Å². The molecule has 0 saturated heterocycles. The minimum atomic E-state index is -4.56. The van der Waals surface area contributed by atoms with Crippen LogP contribution in [0.5, 0.6) is 0 Å². The van der Waals surface area contributed by atoms with Crippen molar-refractivity contribution in [3.05, 3.63) is 215 Å². The Kier molecular flexibility index (Phi) is 10.5. The number of hydrogen-bond donors (Lipinski definition) is 1. The highest BCUT2D eigenvalue weighted by molar-refractivity contribution is 6.15. The van der Waals surface area contributed by atoms with Crippen LogP contribution >= 0.6 is 0 Å². The summed E-state index contributed by atoms with van der Waals surface area (Å²) in [5.74, 6) is 1.34. The number of aromatic nitrogens is 5. The highest BCUT2D eigenvalue weighted by atomic mass is 19.4. The molecule has 0 amide bonds. The molecular weight excluding hydrogens is 908 g/mol. The second kappa shape index (κ2) is 16.7. The van der Waals surface area contributed by atoms with Crippen LogP contribution in [0.1, 0.15) is 73.6 Å². The van der Waals surface area contributed by atoms with Crippen LogP contribution in [0.3, 0.4) is 0 Å². The first-order chi connectivity index (χ1) is 35.0. The Morgan fingerprint density at radius 2 is 1.25 bits per heavy atom. The standard InChI is InChI=1S/C65H54F3N5/c1-38-32-39(2)58(40(3)33-38)42-25-29-54-51(34-42)48-26-24-41(35-56(48)73(54)57-37-44(30-31-69-57)63(4,5)6)47-21-15-23-55-60(47)71-62(72(55)46-19-14-18-45(36-46)65(66,67)68)50-27-28-52(64(7,8)43-16-10-9-11-17-43)59-49-20-12-13-22-53(49)70-61(50)59/h9-37,70H,1-8H3. The molecule has 73 heavy (non-hydrogen) atoms. The summed E-state index contributed by atoms with van der Waals surface area (Å²) in [7, 11) is 0. The molecule has 0 radical (unpaired) electrons. The summed E-state index contributed by atoms with van der Waals surface area (Å²) < 4.78 is 48.0. The predicted octanol–water partition coefficient (Wildman–Crippen LogP) is 17.7. The fourth-order valence-electron chi connectivity index (χ4n) is 11.5. The molecule has 0 aliphatic rings. The van der Waals surface area contributed by atoms with E-state index in [2.05, 4.69) is 180 Å². The SMILES string of the molecule is Cc1cc(C)c(-c2ccc3c(c2)c2ccc(-c4cccc5c4nc(-c4ccc(C(C)(C)c6ccccc6)c6c4[nH]c4ccccc46)n5-c4cccc(C(F)(F)F)c4)cc2n3-c2cc(C(C)(C)C)ccn2)c(C)c1. The summed E-state index contributed by atoms with van der Waals surface area (Å²) in [6, 6.07) is 56.6. The Morgan fingerprint density at radius 1 is 0.521 bits per heavy atom. The molecule has 4 heterocycles. The van der Waals surface area contributed by atoms with Crippen LogP contribution in [0.2, 0.25) is 0 Å². The van der Waals surface area contributed by atoms with Crippen molar-refractivity contribution in [2.24, 2.45) is 0 Å². The molecule has 12 aromatic rings. The van der Waals surface area contributed by atoms with Crippen molar-refractivity contribution in [2.75, 3.05) is 0 Å². The second-order valence-corrected chi connectivity index (χ2v) is 21.3. The maximum Gasteiger partial charge on any atom is 0.416 e. The molecule has 4 aromatic heterocycles. The van der Waals surface area contributed by atoms with Gasteiger partial charge in [0.2, 0.25) is 0 Å². The number of pyridine rings is 1. The Hall–Kier alpha value is -8.23. The van der Waals surface area contributed by atoms with Crippen molar-refractivity contribution in [3.63, 3.8) is 0 Å². The smallest absolute Gasteiger partial charge is 0.354 e. The zero-order valence-corrected chi connectivity index (χ0v) is 42.2. The van der Waals surface area contributed by atoms with Crippen LogP contribution < -0.4 is 0 Å². The number of alkyl halides is 3. The van der Waals surface area contributed by atoms with Crippen molar-refractivity contribution in [2.45, 2.75) is 72.4 Å². The number of halogens is 3. The zero-order valence-electron chi connectivity index (χ0n) is 42.2. The fraction of sp³-hybridized carbons (Fsp3) is 0.169. The molecule has 0 atom stereocenters. The number of rotatable bonds is 7. The number of aromatic amines is 1. The Labute approximate surface area is 422 Å². The van der Waals surface area contributed by atoms with E-state index in [0.29, 0.717) is 22.5 Å². The van der Waals surface area contributed by atoms with Gasteiger partial charge < -0.3 is 4.98 Å². The molecular formula is C65H54F3N5. The predicted molar refractivity (Wildman–Crippen MR) is 295 cm³/mol. The van der Waals surface area contributed by atoms with Gasteiger partial charge in [-0.1, -0.05) is 143 Å². The summed E-state index contributed by atoms with van der Waals surface area (Å²) in [5, 5.41) is 4.29. The normalized spacial score (nSPS) is 12.6. The van der Waals surface area contributed by atoms with Gasteiger partial charge in [-0.15, -0.1) is 0 Å². The lowest BCUT2D eigenvalue weighted by molar-refractivity contribution is -0.137. The lowest BCUT2D eigenvalue weighted by Crippen LogP contribution is -2.19. The molecule has 0 aliphatic heterocycles. The third-order valence-corrected chi connectivity index (χ3v) is 15.1. The van der Waals surface area contributed by atoms with Crippen LogP contribution in [-0.2, 0) is 17.0 Å². The van der Waals surface area contributed by atoms with Gasteiger partial charge in [-0.2, -0.15) is 13.2 Å². The highest BCUT2D eigenvalue weighted by Gasteiger charge is 2.33. The maximum atomic E-state index is 14.6. The van der Waals surface area contributed by atoms with E-state index in [0.717, 1.165) is 83.3 Å². The van der Waals surface area contributed by atoms with E-state index in [-0.39, 0.29) is 5.41 Å². The number of imidazole rings is 1. The van der Waals surface area contributed by atoms with Gasteiger partial charge in [-0.05, 0) is 137 Å². The van der Waals surface area contributed by atoms with Gasteiger partial charge in [-0.25, -0.2) is 9.97 Å². The largest absolute Gasteiger partial charge is 0.416 e. The summed E-state index contributed by atoms with van der Waals surface area (Å²) in [5.41, 5.74) is 16.4. The number of nitrogens with zero attached hydrogens (tertiary/aromatic N) is 4. The molecule has 360 valence electrons. The topological polar surface area (TPSA) is 51.4 Å². The van der Waals surface area contributed by atoms with Crippen LogP contribution in [0, 0.1) is 20.8 Å². The van der Waals surface area contributed by atoms with E-state index >= 15 is 0 Å². The molecule has 0 bridgehead atoms. The number of aryl methyl sites for hydroxylation is 3. The summed E-state index contributed by atoms with van der Waals surface area (Å²) >= 11 is 0. The monoisotopic (exact) mass is 961 g/mol. The van der Waals surface area contributed by atoms with Gasteiger partial charge in [-0.3, -0.25) is 9.13 Å². The zero-order chi connectivity index (χ0) is 50.7. The van der Waals surface area contributed by atoms with Gasteiger partial charge in [0.1, 0.15) is 11.6 Å². The number of nitrogens with one attached hydrogen (secondary N) is 1. The van der Waals surface area contributed by atoms with E-state index in [1.807, 2.05) is 41.1 Å². The highest BCUT2D eigenvalue weighted by Crippen LogP contribution is 2.46.